The fraction of sp³-hybridized carbons (Fsp3) is 0.292. The van der Waals surface area contributed by atoms with Crippen molar-refractivity contribution in [3.63, 3.8) is 0 Å². The summed E-state index contributed by atoms with van der Waals surface area (Å²) in [6, 6.07) is 19.0. The molecule has 0 saturated carbocycles. The minimum absolute atomic E-state index is 0.287. The first kappa shape index (κ1) is 21.2. The van der Waals surface area contributed by atoms with E-state index in [0.717, 1.165) is 27.6 Å². The van der Waals surface area contributed by atoms with Crippen LogP contribution >= 0.6 is 11.6 Å². The predicted molar refractivity (Wildman–Crippen MR) is 117 cm³/mol. The van der Waals surface area contributed by atoms with Gasteiger partial charge in [0, 0.05) is 17.1 Å². The number of ether oxygens (including phenoxy) is 1. The third-order valence-corrected chi connectivity index (χ3v) is 5.05. The van der Waals surface area contributed by atoms with Crippen LogP contribution in [0.4, 0.5) is 0 Å². The maximum Gasteiger partial charge on any atom is 0.320 e. The molecule has 29 heavy (non-hydrogen) atoms. The minimum Gasteiger partial charge on any atom is -0.489 e. The Labute approximate surface area is 176 Å². The van der Waals surface area contributed by atoms with Crippen LogP contribution in [0.15, 0.2) is 60.7 Å². The van der Waals surface area contributed by atoms with Crippen LogP contribution in [-0.2, 0) is 17.9 Å². The number of fused-ring (bicyclic) bond motifs is 1. The summed E-state index contributed by atoms with van der Waals surface area (Å²) in [4.78, 5) is 11.6. The first-order chi connectivity index (χ1) is 13.9. The molecule has 0 aliphatic rings. The van der Waals surface area contributed by atoms with E-state index in [1.54, 1.807) is 0 Å². The molecule has 0 saturated heterocycles. The van der Waals surface area contributed by atoms with E-state index in [2.05, 4.69) is 5.32 Å². The zero-order valence-corrected chi connectivity index (χ0v) is 17.4. The average Bonchev–Trinajstić information content (AvgIpc) is 2.69. The fourth-order valence-electron chi connectivity index (χ4n) is 3.39. The van der Waals surface area contributed by atoms with E-state index >= 15 is 0 Å². The summed E-state index contributed by atoms with van der Waals surface area (Å²) in [5, 5.41) is 15.6. The third kappa shape index (κ3) is 5.72. The second-order valence-corrected chi connectivity index (χ2v) is 8.02. The molecule has 0 bridgehead atoms. The highest BCUT2D eigenvalue weighted by molar-refractivity contribution is 6.30. The van der Waals surface area contributed by atoms with Crippen molar-refractivity contribution in [1.29, 1.82) is 0 Å². The van der Waals surface area contributed by atoms with E-state index in [1.165, 1.54) is 0 Å². The van der Waals surface area contributed by atoms with Gasteiger partial charge in [0.25, 0.3) is 0 Å². The summed E-state index contributed by atoms with van der Waals surface area (Å²) in [6.07, 6.45) is 0.568. The van der Waals surface area contributed by atoms with Crippen molar-refractivity contribution < 1.29 is 14.6 Å². The molecule has 0 aliphatic heterocycles. The second kappa shape index (κ2) is 9.77. The molecule has 4 nitrogen and oxygen atoms in total. The summed E-state index contributed by atoms with van der Waals surface area (Å²) in [5.74, 6) is 0.194. The van der Waals surface area contributed by atoms with Gasteiger partial charge in [-0.25, -0.2) is 0 Å². The van der Waals surface area contributed by atoms with Gasteiger partial charge in [-0.2, -0.15) is 0 Å². The molecule has 0 fully saturated rings. The van der Waals surface area contributed by atoms with E-state index in [-0.39, 0.29) is 5.92 Å². The van der Waals surface area contributed by atoms with Gasteiger partial charge < -0.3 is 15.2 Å². The lowest BCUT2D eigenvalue weighted by Crippen LogP contribution is -2.37. The van der Waals surface area contributed by atoms with Gasteiger partial charge in [0.15, 0.2) is 0 Å². The molecular formula is C24H26ClNO3. The maximum absolute atomic E-state index is 11.6. The minimum atomic E-state index is -0.833. The van der Waals surface area contributed by atoms with Gasteiger partial charge in [-0.05, 0) is 46.9 Å². The highest BCUT2D eigenvalue weighted by atomic mass is 35.5. The number of aliphatic carboxylic acids is 1. The Kier molecular flexibility index (Phi) is 7.13. The molecule has 0 aromatic heterocycles. The zero-order chi connectivity index (χ0) is 20.8. The molecule has 2 N–H and O–H groups in total. The summed E-state index contributed by atoms with van der Waals surface area (Å²) >= 11 is 6.07. The third-order valence-electron chi connectivity index (χ3n) is 4.81. The van der Waals surface area contributed by atoms with Crippen molar-refractivity contribution in [3.05, 3.63) is 76.8 Å². The summed E-state index contributed by atoms with van der Waals surface area (Å²) in [7, 11) is 0. The monoisotopic (exact) mass is 411 g/mol. The van der Waals surface area contributed by atoms with Crippen molar-refractivity contribution >= 4 is 28.3 Å². The van der Waals surface area contributed by atoms with Crippen LogP contribution in [0.2, 0.25) is 5.02 Å². The fourth-order valence-corrected chi connectivity index (χ4v) is 3.60. The van der Waals surface area contributed by atoms with Crippen molar-refractivity contribution in [2.24, 2.45) is 5.92 Å². The highest BCUT2D eigenvalue weighted by Gasteiger charge is 2.19. The van der Waals surface area contributed by atoms with E-state index in [1.807, 2.05) is 74.5 Å². The maximum atomic E-state index is 11.6. The zero-order valence-electron chi connectivity index (χ0n) is 16.7. The largest absolute Gasteiger partial charge is 0.489 e. The van der Waals surface area contributed by atoms with Crippen LogP contribution in [0.25, 0.3) is 10.8 Å². The summed E-state index contributed by atoms with van der Waals surface area (Å²) in [5.41, 5.74) is 1.94. The van der Waals surface area contributed by atoms with Crippen LogP contribution in [0.1, 0.15) is 31.4 Å². The van der Waals surface area contributed by atoms with Gasteiger partial charge in [0.2, 0.25) is 0 Å². The Bertz CT molecular complexity index is 987. The second-order valence-electron chi connectivity index (χ2n) is 7.58. The average molecular weight is 412 g/mol. The van der Waals surface area contributed by atoms with Gasteiger partial charge in [0.05, 0.1) is 0 Å². The number of halogens is 1. The van der Waals surface area contributed by atoms with Crippen LogP contribution in [0.3, 0.4) is 0 Å². The number of hydrogen-bond donors (Lipinski definition) is 2. The molecule has 1 unspecified atom stereocenters. The van der Waals surface area contributed by atoms with Gasteiger partial charge in [-0.3, -0.25) is 4.79 Å². The van der Waals surface area contributed by atoms with Crippen LogP contribution in [0.5, 0.6) is 5.75 Å². The number of nitrogens with one attached hydrogen (secondary N) is 1. The number of rotatable bonds is 9. The SMILES string of the molecule is CC(C)CC(NCc1c(OCc2cccc(Cl)c2)ccc2ccccc12)C(=O)O. The van der Waals surface area contributed by atoms with Crippen molar-refractivity contribution in [1.82, 2.24) is 5.32 Å². The predicted octanol–water partition coefficient (Wildman–Crippen LogP) is 5.66. The topological polar surface area (TPSA) is 58.6 Å². The number of carboxylic acids is 1. The first-order valence-electron chi connectivity index (χ1n) is 9.78. The molecule has 0 aliphatic carbocycles. The smallest absolute Gasteiger partial charge is 0.320 e. The lowest BCUT2D eigenvalue weighted by atomic mass is 10.0. The van der Waals surface area contributed by atoms with E-state index < -0.39 is 12.0 Å². The van der Waals surface area contributed by atoms with Crippen LogP contribution < -0.4 is 10.1 Å². The first-order valence-corrected chi connectivity index (χ1v) is 10.2. The standard InChI is InChI=1S/C24H26ClNO3/c1-16(2)12-22(24(27)28)26-14-21-20-9-4-3-7-18(20)10-11-23(21)29-15-17-6-5-8-19(25)13-17/h3-11,13,16,22,26H,12,14-15H2,1-2H3,(H,27,28). The lowest BCUT2D eigenvalue weighted by molar-refractivity contribution is -0.140. The Balaban J connectivity index is 1.86. The molecule has 0 amide bonds. The van der Waals surface area contributed by atoms with E-state index in [4.69, 9.17) is 16.3 Å². The molecule has 3 aromatic rings. The van der Waals surface area contributed by atoms with Gasteiger partial charge >= 0.3 is 5.97 Å². The molecular weight excluding hydrogens is 386 g/mol. The van der Waals surface area contributed by atoms with Gasteiger partial charge in [0.1, 0.15) is 18.4 Å². The molecule has 3 rings (SSSR count). The molecule has 0 spiro atoms. The molecule has 152 valence electrons. The molecule has 0 radical (unpaired) electrons. The van der Waals surface area contributed by atoms with Crippen LogP contribution in [-0.4, -0.2) is 17.1 Å². The van der Waals surface area contributed by atoms with E-state index in [9.17, 15) is 9.90 Å². The lowest BCUT2D eigenvalue weighted by Gasteiger charge is -2.19. The quantitative estimate of drug-likeness (QED) is 0.477. The summed E-state index contributed by atoms with van der Waals surface area (Å²) in [6.45, 7) is 4.85. The van der Waals surface area contributed by atoms with Crippen molar-refractivity contribution in [3.8, 4) is 5.75 Å². The van der Waals surface area contributed by atoms with Gasteiger partial charge in [-0.15, -0.1) is 0 Å². The molecule has 3 aromatic carbocycles. The Morgan fingerprint density at radius 1 is 1.10 bits per heavy atom. The van der Waals surface area contributed by atoms with E-state index in [0.29, 0.717) is 24.6 Å². The molecule has 0 heterocycles. The summed E-state index contributed by atoms with van der Waals surface area (Å²) < 4.78 is 6.11. The number of hydrogen-bond acceptors (Lipinski definition) is 3. The van der Waals surface area contributed by atoms with Gasteiger partial charge in [-0.1, -0.05) is 67.9 Å². The Morgan fingerprint density at radius 3 is 2.62 bits per heavy atom. The normalized spacial score (nSPS) is 12.3. The number of benzene rings is 3. The molecule has 5 heteroatoms. The Morgan fingerprint density at radius 2 is 1.90 bits per heavy atom. The highest BCUT2D eigenvalue weighted by Crippen LogP contribution is 2.29. The number of carbonyl (C=O) groups is 1. The van der Waals surface area contributed by atoms with Crippen molar-refractivity contribution in [2.45, 2.75) is 39.5 Å². The van der Waals surface area contributed by atoms with Crippen molar-refractivity contribution in [2.75, 3.05) is 0 Å². The van der Waals surface area contributed by atoms with Crippen LogP contribution in [0, 0.1) is 5.92 Å². The number of carboxylic acid groups (broad SMARTS) is 1. The molecule has 1 atom stereocenters. The Hall–Kier alpha value is -2.56.